The van der Waals surface area contributed by atoms with Crippen LogP contribution in [-0.2, 0) is 22.9 Å². The van der Waals surface area contributed by atoms with Crippen LogP contribution < -0.4 is 15.4 Å². The number of methoxy groups -OCH3 is 1. The lowest BCUT2D eigenvalue weighted by atomic mass is 10.1. The number of aryl methyl sites for hydroxylation is 1. The number of aromatic nitrogens is 1. The number of guanidine groups is 1. The van der Waals surface area contributed by atoms with Gasteiger partial charge in [-0.3, -0.25) is 4.99 Å². The van der Waals surface area contributed by atoms with Gasteiger partial charge in [0, 0.05) is 38.7 Å². The van der Waals surface area contributed by atoms with Gasteiger partial charge in [-0.15, -0.1) is 24.0 Å². The van der Waals surface area contributed by atoms with Gasteiger partial charge in [-0.1, -0.05) is 18.2 Å². The number of benzene rings is 1. The second kappa shape index (κ2) is 10.5. The van der Waals surface area contributed by atoms with E-state index in [1.165, 1.54) is 6.26 Å². The molecule has 0 spiro atoms. The summed E-state index contributed by atoms with van der Waals surface area (Å²) < 4.78 is 28.4. The second-order valence-electron chi connectivity index (χ2n) is 5.86. The fraction of sp³-hybridized carbons (Fsp3) is 0.333. The number of rotatable bonds is 6. The zero-order chi connectivity index (χ0) is 19.2. The van der Waals surface area contributed by atoms with E-state index in [0.29, 0.717) is 29.8 Å². The molecule has 0 bridgehead atoms. The summed E-state index contributed by atoms with van der Waals surface area (Å²) in [6, 6.07) is 9.04. The van der Waals surface area contributed by atoms with Crippen molar-refractivity contribution in [3.63, 3.8) is 0 Å². The number of hydrogen-bond donors (Lipinski definition) is 2. The van der Waals surface area contributed by atoms with Crippen LogP contribution in [0.4, 0.5) is 0 Å². The van der Waals surface area contributed by atoms with Crippen LogP contribution in [-0.4, -0.2) is 39.8 Å². The average Bonchev–Trinajstić information content (AvgIpc) is 2.61. The Balaban J connectivity index is 0.00000364. The molecular formula is C18H25IN4O3S. The van der Waals surface area contributed by atoms with E-state index < -0.39 is 9.84 Å². The Morgan fingerprint density at radius 3 is 2.26 bits per heavy atom. The van der Waals surface area contributed by atoms with Crippen LogP contribution in [0.25, 0.3) is 0 Å². The monoisotopic (exact) mass is 504 g/mol. The first-order valence-electron chi connectivity index (χ1n) is 8.06. The molecule has 1 heterocycles. The van der Waals surface area contributed by atoms with Gasteiger partial charge in [-0.25, -0.2) is 13.4 Å². The van der Waals surface area contributed by atoms with Crippen LogP contribution in [0.3, 0.4) is 0 Å². The molecule has 0 radical (unpaired) electrons. The number of ether oxygens (including phenoxy) is 1. The number of nitrogens with zero attached hydrogens (tertiary/aromatic N) is 2. The van der Waals surface area contributed by atoms with Crippen LogP contribution >= 0.6 is 24.0 Å². The molecule has 0 aliphatic carbocycles. The zero-order valence-corrected chi connectivity index (χ0v) is 19.0. The third-order valence-electron chi connectivity index (χ3n) is 3.79. The van der Waals surface area contributed by atoms with Gasteiger partial charge in [0.05, 0.1) is 12.0 Å². The maximum absolute atomic E-state index is 11.7. The number of hydrogen-bond acceptors (Lipinski definition) is 5. The van der Waals surface area contributed by atoms with Crippen LogP contribution in [0.1, 0.15) is 16.7 Å². The van der Waals surface area contributed by atoms with E-state index in [1.807, 2.05) is 12.1 Å². The molecule has 0 amide bonds. The van der Waals surface area contributed by atoms with Gasteiger partial charge in [0.2, 0.25) is 5.88 Å². The fourth-order valence-electron chi connectivity index (χ4n) is 2.47. The Kier molecular flexibility index (Phi) is 8.97. The van der Waals surface area contributed by atoms with Gasteiger partial charge in [-0.05, 0) is 29.7 Å². The van der Waals surface area contributed by atoms with Crippen LogP contribution in [0, 0.1) is 6.92 Å². The Morgan fingerprint density at radius 2 is 1.78 bits per heavy atom. The van der Waals surface area contributed by atoms with Crippen molar-refractivity contribution in [1.29, 1.82) is 0 Å². The molecular weight excluding hydrogens is 479 g/mol. The standard InChI is InChI=1S/C18H24N4O3S.HI/c1-13-9-14(5-7-16(13)26(4,23)24)10-21-18(19-2)22-12-15-6-8-17(25-3)20-11-15;/h5-9,11H,10,12H2,1-4H3,(H2,19,21,22);1H. The number of pyridine rings is 1. The van der Waals surface area contributed by atoms with E-state index >= 15 is 0 Å². The minimum absolute atomic E-state index is 0. The highest BCUT2D eigenvalue weighted by Crippen LogP contribution is 2.16. The van der Waals surface area contributed by atoms with Crippen LogP contribution in [0.15, 0.2) is 46.4 Å². The highest BCUT2D eigenvalue weighted by Gasteiger charge is 2.11. The summed E-state index contributed by atoms with van der Waals surface area (Å²) in [7, 11) is 0.0718. The summed E-state index contributed by atoms with van der Waals surface area (Å²) in [5, 5.41) is 6.41. The van der Waals surface area contributed by atoms with Gasteiger partial charge < -0.3 is 15.4 Å². The molecule has 0 fully saturated rings. The minimum Gasteiger partial charge on any atom is -0.481 e. The first-order chi connectivity index (χ1) is 12.3. The second-order valence-corrected chi connectivity index (χ2v) is 7.84. The predicted molar refractivity (Wildman–Crippen MR) is 118 cm³/mol. The van der Waals surface area contributed by atoms with Gasteiger partial charge in [0.1, 0.15) is 0 Å². The number of sulfone groups is 1. The minimum atomic E-state index is -3.20. The van der Waals surface area contributed by atoms with Crippen molar-refractivity contribution in [3.05, 3.63) is 53.2 Å². The van der Waals surface area contributed by atoms with E-state index in [1.54, 1.807) is 45.5 Å². The number of nitrogens with one attached hydrogen (secondary N) is 2. The average molecular weight is 504 g/mol. The molecule has 0 aliphatic heterocycles. The molecule has 2 rings (SSSR count). The Hall–Kier alpha value is -1.88. The summed E-state index contributed by atoms with van der Waals surface area (Å²) in [6.07, 6.45) is 2.96. The summed E-state index contributed by atoms with van der Waals surface area (Å²) >= 11 is 0. The zero-order valence-electron chi connectivity index (χ0n) is 15.8. The van der Waals surface area contributed by atoms with Crippen LogP contribution in [0.2, 0.25) is 0 Å². The van der Waals surface area contributed by atoms with Crippen molar-refractivity contribution in [2.24, 2.45) is 4.99 Å². The lowest BCUT2D eigenvalue weighted by Gasteiger charge is -2.13. The van der Waals surface area contributed by atoms with E-state index in [-0.39, 0.29) is 24.0 Å². The summed E-state index contributed by atoms with van der Waals surface area (Å²) in [4.78, 5) is 8.70. The number of halogens is 1. The molecule has 7 nitrogen and oxygen atoms in total. The van der Waals surface area contributed by atoms with Crippen molar-refractivity contribution < 1.29 is 13.2 Å². The third kappa shape index (κ3) is 6.98. The molecule has 0 aliphatic rings. The maximum atomic E-state index is 11.7. The largest absolute Gasteiger partial charge is 0.481 e. The summed E-state index contributed by atoms with van der Waals surface area (Å²) in [5.74, 6) is 1.22. The van der Waals surface area contributed by atoms with Crippen LogP contribution in [0.5, 0.6) is 5.88 Å². The lowest BCUT2D eigenvalue weighted by molar-refractivity contribution is 0.397. The molecule has 0 saturated heterocycles. The maximum Gasteiger partial charge on any atom is 0.212 e. The molecule has 0 saturated carbocycles. The fourth-order valence-corrected chi connectivity index (χ4v) is 3.42. The summed E-state index contributed by atoms with van der Waals surface area (Å²) in [5.41, 5.74) is 2.71. The number of aliphatic imine (C=N–C) groups is 1. The van der Waals surface area contributed by atoms with E-state index in [9.17, 15) is 8.42 Å². The van der Waals surface area contributed by atoms with Gasteiger partial charge in [0.15, 0.2) is 15.8 Å². The van der Waals surface area contributed by atoms with Gasteiger partial charge in [-0.2, -0.15) is 0 Å². The molecule has 9 heteroatoms. The molecule has 148 valence electrons. The first kappa shape index (κ1) is 23.2. The van der Waals surface area contributed by atoms with E-state index in [0.717, 1.165) is 16.7 Å². The predicted octanol–water partition coefficient (Wildman–Crippen LogP) is 2.29. The van der Waals surface area contributed by atoms with Gasteiger partial charge in [0.25, 0.3) is 0 Å². The van der Waals surface area contributed by atoms with Crippen molar-refractivity contribution in [2.75, 3.05) is 20.4 Å². The normalized spacial score (nSPS) is 11.5. The SMILES string of the molecule is CN=C(NCc1ccc(OC)nc1)NCc1ccc(S(C)(=O)=O)c(C)c1.I. The van der Waals surface area contributed by atoms with Crippen molar-refractivity contribution in [2.45, 2.75) is 24.9 Å². The molecule has 2 aromatic rings. The molecule has 27 heavy (non-hydrogen) atoms. The quantitative estimate of drug-likeness (QED) is 0.357. The van der Waals surface area contributed by atoms with Crippen molar-refractivity contribution >= 4 is 39.8 Å². The Bertz CT molecular complexity index is 884. The van der Waals surface area contributed by atoms with Crippen molar-refractivity contribution in [3.8, 4) is 5.88 Å². The first-order valence-corrected chi connectivity index (χ1v) is 9.95. The molecule has 1 aromatic carbocycles. The molecule has 1 aromatic heterocycles. The van der Waals surface area contributed by atoms with E-state index in [2.05, 4.69) is 20.6 Å². The Morgan fingerprint density at radius 1 is 1.15 bits per heavy atom. The third-order valence-corrected chi connectivity index (χ3v) is 5.05. The summed E-state index contributed by atoms with van der Waals surface area (Å²) in [6.45, 7) is 2.90. The highest BCUT2D eigenvalue weighted by atomic mass is 127. The highest BCUT2D eigenvalue weighted by molar-refractivity contribution is 14.0. The molecule has 0 unspecified atom stereocenters. The molecule has 2 N–H and O–H groups in total. The smallest absolute Gasteiger partial charge is 0.212 e. The van der Waals surface area contributed by atoms with Gasteiger partial charge >= 0.3 is 0 Å². The topological polar surface area (TPSA) is 92.7 Å². The van der Waals surface area contributed by atoms with E-state index in [4.69, 9.17) is 4.74 Å². The lowest BCUT2D eigenvalue weighted by Crippen LogP contribution is -2.36. The molecule has 0 atom stereocenters. The Labute approximate surface area is 177 Å². The van der Waals surface area contributed by atoms with Crippen molar-refractivity contribution in [1.82, 2.24) is 15.6 Å².